The van der Waals surface area contributed by atoms with Gasteiger partial charge in [-0.05, 0) is 18.3 Å². The van der Waals surface area contributed by atoms with Crippen molar-refractivity contribution in [3.05, 3.63) is 12.2 Å². The van der Waals surface area contributed by atoms with Gasteiger partial charge in [0.2, 0.25) is 5.91 Å². The first kappa shape index (κ1) is 7.56. The smallest absolute Gasteiger partial charge is 0.228 e. The zero-order valence-electron chi connectivity index (χ0n) is 7.55. The van der Waals surface area contributed by atoms with Crippen LogP contribution in [0.2, 0.25) is 0 Å². The van der Waals surface area contributed by atoms with Gasteiger partial charge >= 0.3 is 0 Å². The number of amides is 1. The van der Waals surface area contributed by atoms with Crippen molar-refractivity contribution in [3.63, 3.8) is 0 Å². The first-order chi connectivity index (χ1) is 6.20. The molecule has 0 aromatic heterocycles. The zero-order valence-corrected chi connectivity index (χ0v) is 7.55. The summed E-state index contributed by atoms with van der Waals surface area (Å²) in [5.74, 6) is 1.23. The summed E-state index contributed by atoms with van der Waals surface area (Å²) in [4.78, 5) is 13.2. The fraction of sp³-hybridized carbons (Fsp3) is 0.700. The first-order valence-electron chi connectivity index (χ1n) is 4.83. The molecule has 0 radical (unpaired) electrons. The number of carbonyl (C=O) groups excluding carboxylic acids is 1. The van der Waals surface area contributed by atoms with E-state index < -0.39 is 6.23 Å². The second-order valence-corrected chi connectivity index (χ2v) is 4.41. The van der Waals surface area contributed by atoms with Crippen LogP contribution in [-0.4, -0.2) is 29.2 Å². The third-order valence-corrected chi connectivity index (χ3v) is 3.89. The fourth-order valence-electron chi connectivity index (χ4n) is 3.24. The number of nitrogens with zero attached hydrogens (tertiary/aromatic N) is 1. The van der Waals surface area contributed by atoms with E-state index in [9.17, 15) is 9.90 Å². The van der Waals surface area contributed by atoms with Gasteiger partial charge in [-0.25, -0.2) is 0 Å². The Bertz CT molecular complexity index is 299. The highest BCUT2D eigenvalue weighted by molar-refractivity contribution is 5.83. The van der Waals surface area contributed by atoms with Crippen molar-refractivity contribution in [2.45, 2.75) is 12.6 Å². The molecule has 1 saturated heterocycles. The van der Waals surface area contributed by atoms with Gasteiger partial charge in [0, 0.05) is 13.0 Å². The van der Waals surface area contributed by atoms with E-state index >= 15 is 0 Å². The third kappa shape index (κ3) is 0.718. The van der Waals surface area contributed by atoms with Crippen LogP contribution in [0.4, 0.5) is 0 Å². The number of hydrogen-bond donors (Lipinski definition) is 1. The van der Waals surface area contributed by atoms with E-state index in [0.29, 0.717) is 11.8 Å². The van der Waals surface area contributed by atoms with Gasteiger partial charge in [0.1, 0.15) is 6.23 Å². The van der Waals surface area contributed by atoms with E-state index in [1.807, 2.05) is 0 Å². The molecule has 0 aromatic carbocycles. The van der Waals surface area contributed by atoms with Crippen LogP contribution < -0.4 is 0 Å². The maximum absolute atomic E-state index is 11.7. The van der Waals surface area contributed by atoms with Crippen molar-refractivity contribution < 1.29 is 9.90 Å². The minimum absolute atomic E-state index is 0.0787. The molecule has 0 aromatic rings. The van der Waals surface area contributed by atoms with Crippen molar-refractivity contribution in [1.82, 2.24) is 4.90 Å². The number of fused-ring (bicyclic) bond motifs is 5. The van der Waals surface area contributed by atoms with Crippen molar-refractivity contribution >= 4 is 5.91 Å². The minimum atomic E-state index is -0.544. The topological polar surface area (TPSA) is 40.5 Å². The number of carbonyl (C=O) groups is 1. The van der Waals surface area contributed by atoms with Gasteiger partial charge in [-0.15, -0.1) is 0 Å². The number of aliphatic hydroxyl groups is 1. The first-order valence-corrected chi connectivity index (χ1v) is 4.83. The Balaban J connectivity index is 2.03. The number of hydrogen-bond acceptors (Lipinski definition) is 2. The van der Waals surface area contributed by atoms with Crippen LogP contribution in [0.25, 0.3) is 0 Å². The second-order valence-electron chi connectivity index (χ2n) is 4.41. The lowest BCUT2D eigenvalue weighted by molar-refractivity contribution is -0.134. The standard InChI is InChI=1S/C10H13NO2/c1-11-9(12)7-5-2-3-6(4-5)8(7)10(11)13/h2-3,5-9,12H,4H2,1H3/t5-,6+,7-,8+,9+/m1/s1. The summed E-state index contributed by atoms with van der Waals surface area (Å²) in [6.07, 6.45) is 4.85. The Labute approximate surface area is 77.0 Å². The van der Waals surface area contributed by atoms with Gasteiger partial charge in [-0.2, -0.15) is 0 Å². The summed E-state index contributed by atoms with van der Waals surface area (Å²) in [5.41, 5.74) is 0. The van der Waals surface area contributed by atoms with Crippen molar-refractivity contribution in [3.8, 4) is 0 Å². The summed E-state index contributed by atoms with van der Waals surface area (Å²) in [7, 11) is 1.70. The van der Waals surface area contributed by atoms with Crippen LogP contribution in [-0.2, 0) is 4.79 Å². The monoisotopic (exact) mass is 179 g/mol. The summed E-state index contributed by atoms with van der Waals surface area (Å²) in [6.45, 7) is 0. The molecule has 13 heavy (non-hydrogen) atoms. The van der Waals surface area contributed by atoms with Crippen molar-refractivity contribution in [1.29, 1.82) is 0 Å². The molecule has 70 valence electrons. The number of likely N-dealkylation sites (tertiary alicyclic amines) is 1. The summed E-state index contributed by atoms with van der Waals surface area (Å²) in [6, 6.07) is 0. The quantitative estimate of drug-likeness (QED) is 0.540. The van der Waals surface area contributed by atoms with E-state index in [1.54, 1.807) is 7.05 Å². The SMILES string of the molecule is CN1C(=O)[C@@H]2[C@@H]([C@@H]3C=C[C@H]2C3)[C@@H]1O. The molecule has 1 aliphatic heterocycles. The molecule has 2 bridgehead atoms. The lowest BCUT2D eigenvalue weighted by Gasteiger charge is -2.21. The second kappa shape index (κ2) is 2.15. The molecule has 0 unspecified atom stereocenters. The lowest BCUT2D eigenvalue weighted by atomic mass is 9.85. The Morgan fingerprint density at radius 2 is 2.15 bits per heavy atom. The van der Waals surface area contributed by atoms with Gasteiger partial charge in [0.05, 0.1) is 5.92 Å². The molecule has 2 fully saturated rings. The Morgan fingerprint density at radius 1 is 1.46 bits per heavy atom. The molecule has 3 heteroatoms. The van der Waals surface area contributed by atoms with Crippen molar-refractivity contribution in [2.24, 2.45) is 23.7 Å². The minimum Gasteiger partial charge on any atom is -0.373 e. The highest BCUT2D eigenvalue weighted by Crippen LogP contribution is 2.53. The molecule has 1 heterocycles. The van der Waals surface area contributed by atoms with Crippen LogP contribution in [0.15, 0.2) is 12.2 Å². The third-order valence-electron chi connectivity index (χ3n) is 3.89. The van der Waals surface area contributed by atoms with Crippen LogP contribution in [0.3, 0.4) is 0 Å². The van der Waals surface area contributed by atoms with E-state index in [4.69, 9.17) is 0 Å². The largest absolute Gasteiger partial charge is 0.373 e. The molecular weight excluding hydrogens is 166 g/mol. The highest BCUT2D eigenvalue weighted by atomic mass is 16.3. The molecular formula is C10H13NO2. The fourth-order valence-corrected chi connectivity index (χ4v) is 3.24. The Kier molecular flexibility index (Phi) is 1.25. The van der Waals surface area contributed by atoms with E-state index in [1.165, 1.54) is 4.90 Å². The number of allylic oxidation sites excluding steroid dienone is 2. The van der Waals surface area contributed by atoms with Gasteiger partial charge in [-0.1, -0.05) is 12.2 Å². The molecule has 0 spiro atoms. The molecule has 1 N–H and O–H groups in total. The number of aliphatic hydroxyl groups excluding tert-OH is 1. The lowest BCUT2D eigenvalue weighted by Crippen LogP contribution is -2.33. The average Bonchev–Trinajstić information content (AvgIpc) is 2.76. The van der Waals surface area contributed by atoms with Gasteiger partial charge in [-0.3, -0.25) is 4.79 Å². The van der Waals surface area contributed by atoms with E-state index in [2.05, 4.69) is 12.2 Å². The molecule has 1 amide bonds. The summed E-state index contributed by atoms with van der Waals surface area (Å²) in [5, 5.41) is 9.83. The van der Waals surface area contributed by atoms with Gasteiger partial charge in [0.15, 0.2) is 0 Å². The van der Waals surface area contributed by atoms with Crippen LogP contribution in [0.5, 0.6) is 0 Å². The molecule has 1 saturated carbocycles. The molecule has 3 nitrogen and oxygen atoms in total. The van der Waals surface area contributed by atoms with Crippen LogP contribution >= 0.6 is 0 Å². The predicted molar refractivity (Wildman–Crippen MR) is 46.5 cm³/mol. The maximum Gasteiger partial charge on any atom is 0.228 e. The van der Waals surface area contributed by atoms with E-state index in [-0.39, 0.29) is 17.7 Å². The molecule has 5 atom stereocenters. The summed E-state index contributed by atoms with van der Waals surface area (Å²) >= 11 is 0. The predicted octanol–water partition coefficient (Wildman–Crippen LogP) is 0.215. The van der Waals surface area contributed by atoms with Gasteiger partial charge in [0.25, 0.3) is 0 Å². The Morgan fingerprint density at radius 3 is 2.85 bits per heavy atom. The van der Waals surface area contributed by atoms with Crippen LogP contribution in [0.1, 0.15) is 6.42 Å². The zero-order chi connectivity index (χ0) is 9.16. The highest BCUT2D eigenvalue weighted by Gasteiger charge is 2.57. The maximum atomic E-state index is 11.7. The molecule has 3 rings (SSSR count). The number of rotatable bonds is 0. The average molecular weight is 179 g/mol. The van der Waals surface area contributed by atoms with Crippen LogP contribution in [0, 0.1) is 23.7 Å². The van der Waals surface area contributed by atoms with Crippen molar-refractivity contribution in [2.75, 3.05) is 7.05 Å². The normalized spacial score (nSPS) is 52.0. The van der Waals surface area contributed by atoms with Gasteiger partial charge < -0.3 is 10.0 Å². The Hall–Kier alpha value is -0.830. The summed E-state index contributed by atoms with van der Waals surface area (Å²) < 4.78 is 0. The molecule has 3 aliphatic rings. The van der Waals surface area contributed by atoms with E-state index in [0.717, 1.165) is 6.42 Å². The molecule has 2 aliphatic carbocycles.